The maximum atomic E-state index is 5.73. The summed E-state index contributed by atoms with van der Waals surface area (Å²) in [6.07, 6.45) is 4.90. The van der Waals surface area contributed by atoms with E-state index in [1.807, 2.05) is 12.3 Å². The Labute approximate surface area is 119 Å². The number of aryl methyl sites for hydroxylation is 1. The van der Waals surface area contributed by atoms with E-state index in [4.69, 9.17) is 5.73 Å². The highest BCUT2D eigenvalue weighted by atomic mass is 15.0. The van der Waals surface area contributed by atoms with Crippen LogP contribution in [0.4, 0.5) is 0 Å². The van der Waals surface area contributed by atoms with Crippen LogP contribution < -0.4 is 5.73 Å². The van der Waals surface area contributed by atoms with Crippen molar-refractivity contribution >= 4 is 10.9 Å². The van der Waals surface area contributed by atoms with Gasteiger partial charge in [0.1, 0.15) is 0 Å². The van der Waals surface area contributed by atoms with Crippen molar-refractivity contribution in [2.24, 2.45) is 5.73 Å². The number of pyridine rings is 1. The second-order valence-electron chi connectivity index (χ2n) is 5.10. The van der Waals surface area contributed by atoms with Crippen LogP contribution in [0.2, 0.25) is 0 Å². The lowest BCUT2D eigenvalue weighted by atomic mass is 10.1. The van der Waals surface area contributed by atoms with Gasteiger partial charge in [-0.15, -0.1) is 0 Å². The van der Waals surface area contributed by atoms with Gasteiger partial charge in [-0.05, 0) is 48.5 Å². The summed E-state index contributed by atoms with van der Waals surface area (Å²) in [5.41, 5.74) is 10.7. The van der Waals surface area contributed by atoms with Gasteiger partial charge in [0.25, 0.3) is 0 Å². The first-order valence-corrected chi connectivity index (χ1v) is 6.97. The molecule has 3 rings (SSSR count). The highest BCUT2D eigenvalue weighted by Crippen LogP contribution is 2.22. The minimum absolute atomic E-state index is 0.674. The van der Waals surface area contributed by atoms with E-state index in [1.54, 1.807) is 0 Å². The van der Waals surface area contributed by atoms with E-state index in [0.29, 0.717) is 6.54 Å². The Morgan fingerprint density at radius 1 is 1.15 bits per heavy atom. The van der Waals surface area contributed by atoms with Crippen molar-refractivity contribution in [2.45, 2.75) is 19.9 Å². The molecule has 0 aliphatic rings. The molecule has 0 bridgehead atoms. The molecule has 0 aliphatic heterocycles. The highest BCUT2D eigenvalue weighted by Gasteiger charge is 2.08. The average molecular weight is 265 g/mol. The second kappa shape index (κ2) is 5.47. The van der Waals surface area contributed by atoms with Crippen molar-refractivity contribution < 1.29 is 0 Å². The fourth-order valence-electron chi connectivity index (χ4n) is 2.68. The van der Waals surface area contributed by atoms with Crippen molar-refractivity contribution in [2.75, 3.05) is 6.54 Å². The van der Waals surface area contributed by atoms with Crippen molar-refractivity contribution in [3.63, 3.8) is 0 Å². The maximum Gasteiger partial charge on any atom is 0.0651 e. The van der Waals surface area contributed by atoms with Gasteiger partial charge in [-0.25, -0.2) is 0 Å². The number of nitrogens with zero attached hydrogens (tertiary/aromatic N) is 2. The van der Waals surface area contributed by atoms with Gasteiger partial charge in [0.15, 0.2) is 0 Å². The topological polar surface area (TPSA) is 43.8 Å². The van der Waals surface area contributed by atoms with Gasteiger partial charge in [-0.1, -0.05) is 24.3 Å². The minimum atomic E-state index is 0.674. The van der Waals surface area contributed by atoms with E-state index < -0.39 is 0 Å². The number of para-hydroxylation sites is 1. The average Bonchev–Trinajstić information content (AvgIpc) is 2.86. The van der Waals surface area contributed by atoms with Crippen LogP contribution in [0.5, 0.6) is 0 Å². The lowest BCUT2D eigenvalue weighted by molar-refractivity contribution is 0.793. The van der Waals surface area contributed by atoms with E-state index in [9.17, 15) is 0 Å². The molecule has 2 N–H and O–H groups in total. The van der Waals surface area contributed by atoms with E-state index in [2.05, 4.69) is 53.0 Å². The first-order chi connectivity index (χ1) is 9.79. The molecule has 0 fully saturated rings. The Bertz CT molecular complexity index is 728. The summed E-state index contributed by atoms with van der Waals surface area (Å²) in [7, 11) is 0. The van der Waals surface area contributed by atoms with Gasteiger partial charge in [-0.3, -0.25) is 4.98 Å². The highest BCUT2D eigenvalue weighted by molar-refractivity contribution is 5.83. The standard InChI is InChI=1S/C17H19N3/c1-13-4-3-10-19-16(13)12-20-11-8-15-6-2-5-14(7-9-18)17(15)20/h2-6,8,10-11H,7,9,12,18H2,1H3. The SMILES string of the molecule is Cc1cccnc1Cn1ccc2cccc(CCN)c21. The minimum Gasteiger partial charge on any atom is -0.341 e. The normalized spacial score (nSPS) is 11.1. The molecule has 0 spiro atoms. The third kappa shape index (κ3) is 2.32. The largest absolute Gasteiger partial charge is 0.341 e. The molecule has 0 radical (unpaired) electrons. The Balaban J connectivity index is 2.06. The summed E-state index contributed by atoms with van der Waals surface area (Å²) in [4.78, 5) is 4.49. The first-order valence-electron chi connectivity index (χ1n) is 6.97. The third-order valence-corrected chi connectivity index (χ3v) is 3.72. The van der Waals surface area contributed by atoms with E-state index in [-0.39, 0.29) is 0 Å². The Morgan fingerprint density at radius 2 is 2.05 bits per heavy atom. The first kappa shape index (κ1) is 12.9. The van der Waals surface area contributed by atoms with Crippen molar-refractivity contribution in [3.8, 4) is 0 Å². The van der Waals surface area contributed by atoms with Gasteiger partial charge in [-0.2, -0.15) is 0 Å². The molecule has 3 nitrogen and oxygen atoms in total. The summed E-state index contributed by atoms with van der Waals surface area (Å²) in [5, 5.41) is 1.27. The molecule has 0 amide bonds. The van der Waals surface area contributed by atoms with Crippen molar-refractivity contribution in [1.29, 1.82) is 0 Å². The summed E-state index contributed by atoms with van der Waals surface area (Å²) >= 11 is 0. The summed E-state index contributed by atoms with van der Waals surface area (Å²) in [6, 6.07) is 12.7. The van der Waals surface area contributed by atoms with Crippen LogP contribution in [-0.2, 0) is 13.0 Å². The van der Waals surface area contributed by atoms with E-state index >= 15 is 0 Å². The molecule has 1 aromatic carbocycles. The van der Waals surface area contributed by atoms with Crippen LogP contribution in [0.15, 0.2) is 48.8 Å². The zero-order valence-corrected chi connectivity index (χ0v) is 11.7. The van der Waals surface area contributed by atoms with Crippen LogP contribution in [0, 0.1) is 6.92 Å². The second-order valence-corrected chi connectivity index (χ2v) is 5.10. The predicted octanol–water partition coefficient (Wildman–Crippen LogP) is 2.89. The molecule has 2 heterocycles. The number of hydrogen-bond acceptors (Lipinski definition) is 2. The van der Waals surface area contributed by atoms with Gasteiger partial charge in [0, 0.05) is 12.4 Å². The summed E-state index contributed by atoms with van der Waals surface area (Å²) < 4.78 is 2.27. The van der Waals surface area contributed by atoms with Crippen LogP contribution in [0.1, 0.15) is 16.8 Å². The van der Waals surface area contributed by atoms with Gasteiger partial charge in [0.05, 0.1) is 17.8 Å². The van der Waals surface area contributed by atoms with Gasteiger partial charge in [0.2, 0.25) is 0 Å². The Morgan fingerprint density at radius 3 is 2.85 bits per heavy atom. The summed E-state index contributed by atoms with van der Waals surface area (Å²) in [6.45, 7) is 3.58. The number of fused-ring (bicyclic) bond motifs is 1. The number of benzene rings is 1. The Hall–Kier alpha value is -2.13. The predicted molar refractivity (Wildman–Crippen MR) is 82.8 cm³/mol. The lowest BCUT2D eigenvalue weighted by Gasteiger charge is -2.10. The zero-order chi connectivity index (χ0) is 13.9. The van der Waals surface area contributed by atoms with Gasteiger partial charge >= 0.3 is 0 Å². The molecule has 0 saturated carbocycles. The molecule has 0 unspecified atom stereocenters. The third-order valence-electron chi connectivity index (χ3n) is 3.72. The molecule has 0 atom stereocenters. The molecular weight excluding hydrogens is 246 g/mol. The Kier molecular flexibility index (Phi) is 3.52. The zero-order valence-electron chi connectivity index (χ0n) is 11.7. The molecule has 102 valence electrons. The van der Waals surface area contributed by atoms with Gasteiger partial charge < -0.3 is 10.3 Å². The number of nitrogens with two attached hydrogens (primary N) is 1. The quantitative estimate of drug-likeness (QED) is 0.788. The number of hydrogen-bond donors (Lipinski definition) is 1. The van der Waals surface area contributed by atoms with Crippen LogP contribution in [0.3, 0.4) is 0 Å². The molecule has 0 saturated heterocycles. The number of rotatable bonds is 4. The van der Waals surface area contributed by atoms with Crippen LogP contribution in [0.25, 0.3) is 10.9 Å². The molecule has 3 aromatic rings. The van der Waals surface area contributed by atoms with Crippen LogP contribution in [-0.4, -0.2) is 16.1 Å². The molecular formula is C17H19N3. The molecule has 20 heavy (non-hydrogen) atoms. The van der Waals surface area contributed by atoms with Crippen molar-refractivity contribution in [3.05, 3.63) is 65.6 Å². The fraction of sp³-hybridized carbons (Fsp3) is 0.235. The van der Waals surface area contributed by atoms with Crippen LogP contribution >= 0.6 is 0 Å². The monoisotopic (exact) mass is 265 g/mol. The fourth-order valence-corrected chi connectivity index (χ4v) is 2.68. The van der Waals surface area contributed by atoms with E-state index in [1.165, 1.54) is 22.0 Å². The molecule has 0 aliphatic carbocycles. The van der Waals surface area contributed by atoms with E-state index in [0.717, 1.165) is 18.7 Å². The molecule has 2 aromatic heterocycles. The maximum absolute atomic E-state index is 5.73. The lowest BCUT2D eigenvalue weighted by Crippen LogP contribution is -2.07. The van der Waals surface area contributed by atoms with Crippen molar-refractivity contribution in [1.82, 2.24) is 9.55 Å². The summed E-state index contributed by atoms with van der Waals surface area (Å²) in [5.74, 6) is 0. The smallest absolute Gasteiger partial charge is 0.0651 e. The number of aromatic nitrogens is 2. The molecule has 3 heteroatoms.